The van der Waals surface area contributed by atoms with Gasteiger partial charge in [0, 0.05) is 32.2 Å². The van der Waals surface area contributed by atoms with Crippen LogP contribution in [0.2, 0.25) is 0 Å². The van der Waals surface area contributed by atoms with Gasteiger partial charge in [-0.25, -0.2) is 13.2 Å². The third-order valence-corrected chi connectivity index (χ3v) is 10.4. The SMILES string of the molecule is CN1CCN(C(=O)OC[C@@]2(c3ccccc3)C[C@]2(NS(=O)(=O)c2ccc(-c3cc(C(F)(F)F)on3)s2)C(=O)O)CC1. The lowest BCUT2D eigenvalue weighted by atomic mass is 9.91. The normalized spacial score (nSPS) is 23.4. The number of aliphatic carboxylic acids is 1. The molecule has 220 valence electrons. The van der Waals surface area contributed by atoms with Crippen LogP contribution in [-0.4, -0.2) is 85.9 Å². The molecule has 1 amide bonds. The van der Waals surface area contributed by atoms with Crippen LogP contribution in [0.4, 0.5) is 18.0 Å². The second-order valence-corrected chi connectivity index (χ2v) is 13.0. The van der Waals surface area contributed by atoms with Crippen molar-refractivity contribution in [3.8, 4) is 10.6 Å². The molecule has 16 heteroatoms. The molecule has 0 radical (unpaired) electrons. The number of thiophene rings is 1. The number of alkyl halides is 3. The maximum atomic E-state index is 13.4. The van der Waals surface area contributed by atoms with E-state index >= 15 is 0 Å². The van der Waals surface area contributed by atoms with E-state index in [1.807, 2.05) is 11.9 Å². The first kappa shape index (κ1) is 29.0. The zero-order valence-corrected chi connectivity index (χ0v) is 23.2. The van der Waals surface area contributed by atoms with E-state index < -0.39 is 51.6 Å². The maximum absolute atomic E-state index is 13.4. The van der Waals surface area contributed by atoms with Gasteiger partial charge in [-0.2, -0.15) is 17.9 Å². The summed E-state index contributed by atoms with van der Waals surface area (Å²) in [6.45, 7) is 1.76. The Hall–Kier alpha value is -3.47. The Kier molecular flexibility index (Phi) is 7.38. The highest BCUT2D eigenvalue weighted by atomic mass is 32.2. The maximum Gasteiger partial charge on any atom is 0.452 e. The topological polar surface area (TPSA) is 142 Å². The van der Waals surface area contributed by atoms with Crippen molar-refractivity contribution in [2.24, 2.45) is 0 Å². The van der Waals surface area contributed by atoms with E-state index in [2.05, 4.69) is 14.4 Å². The van der Waals surface area contributed by atoms with E-state index in [1.165, 1.54) is 11.0 Å². The zero-order chi connectivity index (χ0) is 29.6. The summed E-state index contributed by atoms with van der Waals surface area (Å²) in [5.74, 6) is -2.81. The Morgan fingerprint density at radius 3 is 2.44 bits per heavy atom. The van der Waals surface area contributed by atoms with E-state index in [9.17, 15) is 36.3 Å². The van der Waals surface area contributed by atoms with Crippen LogP contribution in [0, 0.1) is 0 Å². The molecule has 2 aromatic heterocycles. The highest BCUT2D eigenvalue weighted by Gasteiger charge is 2.75. The number of carboxylic acids is 1. The Morgan fingerprint density at radius 2 is 1.83 bits per heavy atom. The molecule has 3 aromatic rings. The smallest absolute Gasteiger partial charge is 0.452 e. The number of nitrogens with zero attached hydrogens (tertiary/aromatic N) is 3. The van der Waals surface area contributed by atoms with Crippen molar-refractivity contribution in [1.82, 2.24) is 19.7 Å². The van der Waals surface area contributed by atoms with Crippen LogP contribution >= 0.6 is 11.3 Å². The van der Waals surface area contributed by atoms with Gasteiger partial charge in [-0.3, -0.25) is 4.79 Å². The van der Waals surface area contributed by atoms with Gasteiger partial charge in [0.2, 0.25) is 5.76 Å². The molecule has 5 rings (SSSR count). The average molecular weight is 615 g/mol. The Balaban J connectivity index is 1.40. The fraction of sp³-hybridized carbons (Fsp3) is 0.400. The standard InChI is InChI=1S/C25H25F3N4O7S2/c1-31-9-11-32(12-10-31)22(35)38-15-23(16-5-3-2-4-6-16)14-24(23,21(33)34)30-41(36,37)20-8-7-18(40-20)17-13-19(39-29-17)25(26,27)28/h2-8,13,30H,9-12,14-15H2,1H3,(H,33,34)/t23-,24+/m1/s1. The Morgan fingerprint density at radius 1 is 1.15 bits per heavy atom. The van der Waals surface area contributed by atoms with Gasteiger partial charge in [0.25, 0.3) is 10.0 Å². The number of likely N-dealkylation sites (N-methyl/N-ethyl adjacent to an activating group) is 1. The lowest BCUT2D eigenvalue weighted by Gasteiger charge is -2.32. The lowest BCUT2D eigenvalue weighted by molar-refractivity contribution is -0.155. The number of piperazine rings is 1. The van der Waals surface area contributed by atoms with Crippen LogP contribution in [0.5, 0.6) is 0 Å². The Labute approximate surface area is 236 Å². The van der Waals surface area contributed by atoms with Gasteiger partial charge in [0.15, 0.2) is 0 Å². The summed E-state index contributed by atoms with van der Waals surface area (Å²) in [5.41, 5.74) is -3.23. The van der Waals surface area contributed by atoms with Crippen molar-refractivity contribution in [2.45, 2.75) is 27.8 Å². The van der Waals surface area contributed by atoms with Crippen LogP contribution < -0.4 is 4.72 Å². The number of benzene rings is 1. The monoisotopic (exact) mass is 614 g/mol. The zero-order valence-electron chi connectivity index (χ0n) is 21.6. The quantitative estimate of drug-likeness (QED) is 0.391. The summed E-state index contributed by atoms with van der Waals surface area (Å²) in [5, 5.41) is 13.7. The number of nitrogens with one attached hydrogen (secondary N) is 1. The minimum absolute atomic E-state index is 0.0697. The summed E-state index contributed by atoms with van der Waals surface area (Å²) in [6, 6.07) is 11.3. The van der Waals surface area contributed by atoms with E-state index in [-0.39, 0.29) is 21.2 Å². The third kappa shape index (κ3) is 5.43. The molecular formula is C25H25F3N4O7S2. The first-order valence-electron chi connectivity index (χ1n) is 12.3. The molecule has 2 fully saturated rings. The number of halogens is 3. The molecule has 1 saturated carbocycles. The minimum Gasteiger partial charge on any atom is -0.480 e. The summed E-state index contributed by atoms with van der Waals surface area (Å²) in [4.78, 5) is 29.1. The molecule has 1 saturated heterocycles. The van der Waals surface area contributed by atoms with Gasteiger partial charge < -0.3 is 24.2 Å². The largest absolute Gasteiger partial charge is 0.480 e. The van der Waals surface area contributed by atoms with Gasteiger partial charge >= 0.3 is 18.2 Å². The van der Waals surface area contributed by atoms with Gasteiger partial charge in [0.1, 0.15) is 22.0 Å². The number of sulfonamides is 1. The van der Waals surface area contributed by atoms with E-state index in [0.29, 0.717) is 49.1 Å². The molecule has 41 heavy (non-hydrogen) atoms. The van der Waals surface area contributed by atoms with Crippen LogP contribution in [0.1, 0.15) is 17.7 Å². The number of hydrogen-bond donors (Lipinski definition) is 2. The number of rotatable bonds is 8. The van der Waals surface area contributed by atoms with Crippen molar-refractivity contribution in [3.63, 3.8) is 0 Å². The number of hydrogen-bond acceptors (Lipinski definition) is 9. The number of carboxylic acid groups (broad SMARTS) is 1. The van der Waals surface area contributed by atoms with Crippen molar-refractivity contribution < 1.29 is 45.5 Å². The molecular weight excluding hydrogens is 589 g/mol. The highest BCUT2D eigenvalue weighted by molar-refractivity contribution is 7.91. The molecule has 1 aliphatic heterocycles. The predicted octanol–water partition coefficient (Wildman–Crippen LogP) is 3.25. The molecule has 2 atom stereocenters. The van der Waals surface area contributed by atoms with E-state index in [4.69, 9.17) is 4.74 Å². The second-order valence-electron chi connectivity index (χ2n) is 9.98. The number of aromatic nitrogens is 1. The summed E-state index contributed by atoms with van der Waals surface area (Å²) < 4.78 is 77.4. The van der Waals surface area contributed by atoms with Crippen molar-refractivity contribution in [3.05, 3.63) is 59.9 Å². The molecule has 2 N–H and O–H groups in total. The van der Waals surface area contributed by atoms with E-state index in [0.717, 1.165) is 6.07 Å². The number of ether oxygens (including phenoxy) is 1. The van der Waals surface area contributed by atoms with Crippen molar-refractivity contribution >= 4 is 33.4 Å². The van der Waals surface area contributed by atoms with Crippen molar-refractivity contribution in [2.75, 3.05) is 39.8 Å². The van der Waals surface area contributed by atoms with Crippen LogP contribution in [0.15, 0.2) is 57.3 Å². The van der Waals surface area contributed by atoms with Gasteiger partial charge in [-0.05, 0) is 31.2 Å². The van der Waals surface area contributed by atoms with Gasteiger partial charge in [-0.15, -0.1) is 11.3 Å². The molecule has 1 aromatic carbocycles. The average Bonchev–Trinajstić information content (AvgIpc) is 3.29. The molecule has 0 unspecified atom stereocenters. The van der Waals surface area contributed by atoms with Crippen LogP contribution in [0.3, 0.4) is 0 Å². The number of amides is 1. The van der Waals surface area contributed by atoms with Crippen LogP contribution in [-0.2, 0) is 31.1 Å². The fourth-order valence-electron chi connectivity index (χ4n) is 4.90. The molecule has 11 nitrogen and oxygen atoms in total. The minimum atomic E-state index is -4.77. The van der Waals surface area contributed by atoms with Crippen LogP contribution in [0.25, 0.3) is 10.6 Å². The Bertz CT molecular complexity index is 1550. The first-order valence-corrected chi connectivity index (χ1v) is 14.6. The molecule has 1 aliphatic carbocycles. The summed E-state index contributed by atoms with van der Waals surface area (Å²) in [7, 11) is -2.58. The summed E-state index contributed by atoms with van der Waals surface area (Å²) in [6.07, 6.45) is -5.60. The van der Waals surface area contributed by atoms with Gasteiger partial charge in [-0.1, -0.05) is 35.5 Å². The van der Waals surface area contributed by atoms with Crippen molar-refractivity contribution in [1.29, 1.82) is 0 Å². The fourth-order valence-corrected chi connectivity index (χ4v) is 7.59. The third-order valence-electron chi connectivity index (χ3n) is 7.35. The van der Waals surface area contributed by atoms with E-state index in [1.54, 1.807) is 30.3 Å². The number of carbonyl (C=O) groups is 2. The predicted molar refractivity (Wildman–Crippen MR) is 139 cm³/mol. The molecule has 0 bridgehead atoms. The lowest BCUT2D eigenvalue weighted by Crippen LogP contribution is -2.51. The first-order chi connectivity index (χ1) is 19.3. The van der Waals surface area contributed by atoms with Gasteiger partial charge in [0.05, 0.1) is 10.3 Å². The molecule has 3 heterocycles. The summed E-state index contributed by atoms with van der Waals surface area (Å²) >= 11 is 0.601. The highest BCUT2D eigenvalue weighted by Crippen LogP contribution is 2.59. The number of carbonyl (C=O) groups excluding carboxylic acids is 1. The molecule has 0 spiro atoms. The molecule has 2 aliphatic rings. The second kappa shape index (κ2) is 10.4.